The average Bonchev–Trinajstić information content (AvgIpc) is 2.37. The number of hydrogen-bond donors (Lipinski definition) is 2. The molecule has 6 nitrogen and oxygen atoms in total. The summed E-state index contributed by atoms with van der Waals surface area (Å²) in [6.07, 6.45) is 0. The van der Waals surface area contributed by atoms with Gasteiger partial charge in [-0.1, -0.05) is 0 Å². The highest BCUT2D eigenvalue weighted by Gasteiger charge is 2.20. The summed E-state index contributed by atoms with van der Waals surface area (Å²) in [6, 6.07) is 4.79. The van der Waals surface area contributed by atoms with Crippen LogP contribution in [0, 0.1) is 5.92 Å². The maximum Gasteiger partial charge on any atom is 0.315 e. The Hall–Kier alpha value is -2.24. The second-order valence-corrected chi connectivity index (χ2v) is 3.62. The van der Waals surface area contributed by atoms with Gasteiger partial charge < -0.3 is 19.9 Å². The lowest BCUT2D eigenvalue weighted by molar-refractivity contribution is -0.144. The number of hydrogen-bond acceptors (Lipinski definition) is 4. The molecule has 1 aromatic carbocycles. The van der Waals surface area contributed by atoms with E-state index in [1.807, 2.05) is 0 Å². The third-order valence-electron chi connectivity index (χ3n) is 2.41. The molecule has 0 radical (unpaired) electrons. The first kappa shape index (κ1) is 13.8. The van der Waals surface area contributed by atoms with Gasteiger partial charge in [-0.05, 0) is 19.1 Å². The standard InChI is InChI=1S/C12H15NO5/c1-7(12(15)16)11(14)13-8-4-5-9(17-2)10(6-8)18-3/h4-7H,1-3H3,(H,13,14)(H,15,16). The van der Waals surface area contributed by atoms with Gasteiger partial charge in [0.05, 0.1) is 14.2 Å². The van der Waals surface area contributed by atoms with Gasteiger partial charge in [-0.2, -0.15) is 0 Å². The maximum atomic E-state index is 11.5. The highest BCUT2D eigenvalue weighted by atomic mass is 16.5. The summed E-state index contributed by atoms with van der Waals surface area (Å²) >= 11 is 0. The number of anilines is 1. The first-order valence-corrected chi connectivity index (χ1v) is 5.25. The van der Waals surface area contributed by atoms with Crippen LogP contribution in [0.4, 0.5) is 5.69 Å². The Morgan fingerprint density at radius 2 is 1.83 bits per heavy atom. The average molecular weight is 253 g/mol. The first-order valence-electron chi connectivity index (χ1n) is 5.25. The zero-order valence-electron chi connectivity index (χ0n) is 10.4. The fraction of sp³-hybridized carbons (Fsp3) is 0.333. The van der Waals surface area contributed by atoms with E-state index in [1.165, 1.54) is 21.1 Å². The molecule has 0 heterocycles. The fourth-order valence-corrected chi connectivity index (χ4v) is 1.28. The predicted molar refractivity (Wildman–Crippen MR) is 65.0 cm³/mol. The van der Waals surface area contributed by atoms with Crippen LogP contribution < -0.4 is 14.8 Å². The molecule has 6 heteroatoms. The van der Waals surface area contributed by atoms with Crippen molar-refractivity contribution in [3.63, 3.8) is 0 Å². The lowest BCUT2D eigenvalue weighted by Crippen LogP contribution is -2.26. The Kier molecular flexibility index (Phi) is 4.53. The summed E-state index contributed by atoms with van der Waals surface area (Å²) in [5, 5.41) is 11.2. The summed E-state index contributed by atoms with van der Waals surface area (Å²) in [6.45, 7) is 1.32. The Morgan fingerprint density at radius 3 is 2.33 bits per heavy atom. The molecular weight excluding hydrogens is 238 g/mol. The predicted octanol–water partition coefficient (Wildman–Crippen LogP) is 1.36. The molecule has 0 aromatic heterocycles. The van der Waals surface area contributed by atoms with Crippen molar-refractivity contribution in [2.75, 3.05) is 19.5 Å². The van der Waals surface area contributed by atoms with Gasteiger partial charge in [0, 0.05) is 11.8 Å². The monoisotopic (exact) mass is 253 g/mol. The smallest absolute Gasteiger partial charge is 0.315 e. The number of carbonyl (C=O) groups is 2. The normalized spacial score (nSPS) is 11.5. The van der Waals surface area contributed by atoms with Crippen molar-refractivity contribution in [3.05, 3.63) is 18.2 Å². The number of rotatable bonds is 5. The zero-order chi connectivity index (χ0) is 13.7. The van der Waals surface area contributed by atoms with Crippen molar-refractivity contribution in [2.45, 2.75) is 6.92 Å². The summed E-state index contributed by atoms with van der Waals surface area (Å²) in [7, 11) is 2.98. The lowest BCUT2D eigenvalue weighted by atomic mass is 10.1. The summed E-state index contributed by atoms with van der Waals surface area (Å²) in [4.78, 5) is 22.2. The van der Waals surface area contributed by atoms with Crippen molar-refractivity contribution < 1.29 is 24.2 Å². The van der Waals surface area contributed by atoms with Gasteiger partial charge in [0.1, 0.15) is 5.92 Å². The van der Waals surface area contributed by atoms with Gasteiger partial charge in [-0.3, -0.25) is 9.59 Å². The molecule has 0 saturated heterocycles. The number of benzene rings is 1. The third-order valence-corrected chi connectivity index (χ3v) is 2.41. The van der Waals surface area contributed by atoms with Crippen molar-refractivity contribution >= 4 is 17.6 Å². The molecule has 0 saturated carbocycles. The van der Waals surface area contributed by atoms with Crippen LogP contribution in [0.2, 0.25) is 0 Å². The van der Waals surface area contributed by atoms with Crippen LogP contribution in [0.5, 0.6) is 11.5 Å². The highest BCUT2D eigenvalue weighted by molar-refractivity contribution is 6.03. The number of carboxylic acid groups (broad SMARTS) is 1. The topological polar surface area (TPSA) is 84.9 Å². The number of methoxy groups -OCH3 is 2. The molecule has 0 fully saturated rings. The van der Waals surface area contributed by atoms with Crippen LogP contribution in [0.1, 0.15) is 6.92 Å². The quantitative estimate of drug-likeness (QED) is 0.774. The number of carboxylic acids is 1. The molecule has 2 N–H and O–H groups in total. The van der Waals surface area contributed by atoms with Gasteiger partial charge in [-0.15, -0.1) is 0 Å². The third kappa shape index (κ3) is 3.13. The fourth-order valence-electron chi connectivity index (χ4n) is 1.28. The van der Waals surface area contributed by atoms with E-state index in [4.69, 9.17) is 14.6 Å². The molecule has 0 aliphatic heterocycles. The van der Waals surface area contributed by atoms with Gasteiger partial charge >= 0.3 is 5.97 Å². The Labute approximate surface area is 105 Å². The molecule has 0 aliphatic carbocycles. The molecule has 1 amide bonds. The van der Waals surface area contributed by atoms with Crippen LogP contribution >= 0.6 is 0 Å². The number of aliphatic carboxylic acids is 1. The van der Waals surface area contributed by atoms with E-state index in [2.05, 4.69) is 5.32 Å². The molecule has 0 aliphatic rings. The minimum Gasteiger partial charge on any atom is -0.493 e. The van der Waals surface area contributed by atoms with Crippen molar-refractivity contribution in [1.82, 2.24) is 0 Å². The first-order chi connectivity index (χ1) is 8.49. The molecule has 1 unspecified atom stereocenters. The van der Waals surface area contributed by atoms with Gasteiger partial charge in [0.25, 0.3) is 0 Å². The summed E-state index contributed by atoms with van der Waals surface area (Å²) in [5.41, 5.74) is 0.450. The Balaban J connectivity index is 2.86. The molecule has 18 heavy (non-hydrogen) atoms. The van der Waals surface area contributed by atoms with Gasteiger partial charge in [-0.25, -0.2) is 0 Å². The van der Waals surface area contributed by atoms with E-state index in [0.29, 0.717) is 17.2 Å². The summed E-state index contributed by atoms with van der Waals surface area (Å²) in [5.74, 6) is -1.89. The molecule has 0 spiro atoms. The van der Waals surface area contributed by atoms with Crippen LogP contribution in [0.25, 0.3) is 0 Å². The maximum absolute atomic E-state index is 11.5. The van der Waals surface area contributed by atoms with E-state index in [-0.39, 0.29) is 0 Å². The minimum atomic E-state index is -1.17. The second-order valence-electron chi connectivity index (χ2n) is 3.62. The summed E-state index contributed by atoms with van der Waals surface area (Å²) < 4.78 is 10.1. The molecule has 1 rings (SSSR count). The van der Waals surface area contributed by atoms with Crippen LogP contribution in [-0.4, -0.2) is 31.2 Å². The zero-order valence-corrected chi connectivity index (χ0v) is 10.4. The van der Waals surface area contributed by atoms with Crippen molar-refractivity contribution in [2.24, 2.45) is 5.92 Å². The van der Waals surface area contributed by atoms with Gasteiger partial charge in [0.2, 0.25) is 5.91 Å². The van der Waals surface area contributed by atoms with Crippen LogP contribution in [0.3, 0.4) is 0 Å². The SMILES string of the molecule is COc1ccc(NC(=O)C(C)C(=O)O)cc1OC. The van der Waals surface area contributed by atoms with Crippen LogP contribution in [0.15, 0.2) is 18.2 Å². The number of carbonyl (C=O) groups excluding carboxylic acids is 1. The Bertz CT molecular complexity index is 458. The van der Waals surface area contributed by atoms with Crippen molar-refractivity contribution in [3.8, 4) is 11.5 Å². The molecular formula is C12H15NO5. The number of ether oxygens (including phenoxy) is 2. The lowest BCUT2D eigenvalue weighted by Gasteiger charge is -2.11. The molecule has 1 aromatic rings. The van der Waals surface area contributed by atoms with E-state index < -0.39 is 17.8 Å². The number of amides is 1. The molecule has 0 bridgehead atoms. The van der Waals surface area contributed by atoms with E-state index >= 15 is 0 Å². The van der Waals surface area contributed by atoms with Crippen molar-refractivity contribution in [1.29, 1.82) is 0 Å². The largest absolute Gasteiger partial charge is 0.493 e. The van der Waals surface area contributed by atoms with Gasteiger partial charge in [0.15, 0.2) is 11.5 Å². The van der Waals surface area contributed by atoms with Crippen LogP contribution in [-0.2, 0) is 9.59 Å². The Morgan fingerprint density at radius 1 is 1.22 bits per heavy atom. The van der Waals surface area contributed by atoms with E-state index in [1.54, 1.807) is 18.2 Å². The highest BCUT2D eigenvalue weighted by Crippen LogP contribution is 2.29. The minimum absolute atomic E-state index is 0.450. The molecule has 1 atom stereocenters. The number of nitrogens with one attached hydrogen (secondary N) is 1. The second kappa shape index (κ2) is 5.90. The van der Waals surface area contributed by atoms with E-state index in [9.17, 15) is 9.59 Å². The molecule has 98 valence electrons. The van der Waals surface area contributed by atoms with E-state index in [0.717, 1.165) is 0 Å².